The lowest BCUT2D eigenvalue weighted by molar-refractivity contribution is -0.192. The molecule has 3 aromatic rings. The van der Waals surface area contributed by atoms with Crippen LogP contribution >= 0.6 is 0 Å². The van der Waals surface area contributed by atoms with E-state index in [-0.39, 0.29) is 18.0 Å². The number of amides is 2. The van der Waals surface area contributed by atoms with Crippen LogP contribution in [0.3, 0.4) is 0 Å². The molecule has 4 rings (SSSR count). The van der Waals surface area contributed by atoms with Crippen molar-refractivity contribution in [2.45, 2.75) is 32.0 Å². The number of rotatable bonds is 7. The topological polar surface area (TPSA) is 201 Å². The Hall–Kier alpha value is -5.24. The third kappa shape index (κ3) is 10.3. The van der Waals surface area contributed by atoms with Crippen LogP contribution in [0.25, 0.3) is 0 Å². The van der Waals surface area contributed by atoms with Crippen molar-refractivity contribution in [3.8, 4) is 0 Å². The highest BCUT2D eigenvalue weighted by Gasteiger charge is 2.38. The monoisotopic (exact) mass is 603 g/mol. The van der Waals surface area contributed by atoms with E-state index in [2.05, 4.69) is 0 Å². The van der Waals surface area contributed by atoms with Gasteiger partial charge in [0.2, 0.25) is 5.91 Å². The minimum Gasteiger partial charge on any atom is -0.480 e. The maximum absolute atomic E-state index is 12.7. The number of primary amides is 1. The molecule has 7 N–H and O–H groups in total. The Balaban J connectivity index is 0.000000279. The number of carboxylic acids is 3. The first-order valence-electron chi connectivity index (χ1n) is 12.5. The van der Waals surface area contributed by atoms with E-state index >= 15 is 0 Å². The summed E-state index contributed by atoms with van der Waals surface area (Å²) in [7, 11) is 0. The molecule has 0 radical (unpaired) electrons. The van der Waals surface area contributed by atoms with Crippen molar-refractivity contribution in [3.05, 3.63) is 100 Å². The van der Waals surface area contributed by atoms with E-state index in [1.165, 1.54) is 41.8 Å². The number of hydrogen-bond acceptors (Lipinski definition) is 6. The number of carbonyl (C=O) groups excluding carboxylic acids is 2. The summed E-state index contributed by atoms with van der Waals surface area (Å²) >= 11 is 0. The van der Waals surface area contributed by atoms with E-state index in [1.807, 2.05) is 18.2 Å². The standard InChI is InChI=1S/C17H16N2O5.C10H11NO.C2HF3O2/c18-9-11-2-1-3-13(8-11)16(22)19(10-15(20)21)14-6-4-12(5-7-14)17(23)24;11-10(12)9-5-4-7-2-1-3-8(7)6-9;3-2(4,5)1(6)7/h1-8H,9-10,18H2,(H,20,21)(H,23,24);4-6H,1-3H2,(H2,11,12);(H,6,7). The van der Waals surface area contributed by atoms with Crippen molar-refractivity contribution in [1.29, 1.82) is 0 Å². The fourth-order valence-electron chi connectivity index (χ4n) is 3.91. The molecule has 0 aromatic heterocycles. The molecule has 2 amide bonds. The second-order valence-corrected chi connectivity index (χ2v) is 9.05. The molecule has 0 aliphatic heterocycles. The Bertz CT molecular complexity index is 1490. The van der Waals surface area contributed by atoms with Crippen molar-refractivity contribution in [1.82, 2.24) is 0 Å². The van der Waals surface area contributed by atoms with E-state index in [0.29, 0.717) is 16.8 Å². The van der Waals surface area contributed by atoms with Crippen molar-refractivity contribution in [2.24, 2.45) is 11.5 Å². The van der Waals surface area contributed by atoms with Crippen LogP contribution in [0.2, 0.25) is 0 Å². The van der Waals surface area contributed by atoms with Crippen molar-refractivity contribution in [2.75, 3.05) is 11.4 Å². The minimum atomic E-state index is -5.08. The Morgan fingerprint density at radius 3 is 1.88 bits per heavy atom. The SMILES string of the molecule is NC(=O)c1ccc2c(c1)CCC2.NCc1cccc(C(=O)N(CC(=O)O)c2ccc(C(=O)O)cc2)c1.O=C(O)C(F)(F)F. The minimum absolute atomic E-state index is 0.0478. The summed E-state index contributed by atoms with van der Waals surface area (Å²) in [4.78, 5) is 55.5. The summed E-state index contributed by atoms with van der Waals surface area (Å²) in [6.07, 6.45) is -1.64. The van der Waals surface area contributed by atoms with E-state index in [4.69, 9.17) is 31.6 Å². The number of nitrogens with two attached hydrogens (primary N) is 2. The van der Waals surface area contributed by atoms with E-state index in [0.717, 1.165) is 23.3 Å². The number of aromatic carboxylic acids is 1. The highest BCUT2D eigenvalue weighted by molar-refractivity contribution is 6.08. The molecule has 1 aliphatic carbocycles. The molecule has 0 spiro atoms. The lowest BCUT2D eigenvalue weighted by atomic mass is 10.1. The zero-order valence-electron chi connectivity index (χ0n) is 22.5. The molecular weight excluding hydrogens is 575 g/mol. The van der Waals surface area contributed by atoms with Crippen molar-refractivity contribution in [3.63, 3.8) is 0 Å². The average molecular weight is 604 g/mol. The number of nitrogens with zero attached hydrogens (tertiary/aromatic N) is 1. The van der Waals surface area contributed by atoms with Gasteiger partial charge in [-0.15, -0.1) is 0 Å². The molecule has 0 bridgehead atoms. The predicted octanol–water partition coefficient (Wildman–Crippen LogP) is 3.48. The van der Waals surface area contributed by atoms with Crippen LogP contribution in [0, 0.1) is 0 Å². The highest BCUT2D eigenvalue weighted by atomic mass is 19.4. The first-order chi connectivity index (χ1) is 20.1. The lowest BCUT2D eigenvalue weighted by Crippen LogP contribution is -2.35. The first-order valence-corrected chi connectivity index (χ1v) is 12.5. The van der Waals surface area contributed by atoms with Crippen LogP contribution in [0.1, 0.15) is 54.2 Å². The van der Waals surface area contributed by atoms with Gasteiger partial charge in [-0.25, -0.2) is 9.59 Å². The van der Waals surface area contributed by atoms with Crippen LogP contribution in [-0.2, 0) is 29.0 Å². The van der Waals surface area contributed by atoms with Gasteiger partial charge in [0, 0.05) is 23.4 Å². The van der Waals surface area contributed by atoms with Crippen molar-refractivity contribution >= 4 is 35.4 Å². The number of aliphatic carboxylic acids is 2. The fraction of sp³-hybridized carbons (Fsp3) is 0.207. The third-order valence-electron chi connectivity index (χ3n) is 6.00. The second kappa shape index (κ2) is 15.1. The summed E-state index contributed by atoms with van der Waals surface area (Å²) in [5.41, 5.74) is 15.4. The Labute approximate surface area is 243 Å². The van der Waals surface area contributed by atoms with Crippen LogP contribution in [0.5, 0.6) is 0 Å². The molecule has 1 aliphatic rings. The second-order valence-electron chi connectivity index (χ2n) is 9.05. The molecule has 0 fully saturated rings. The highest BCUT2D eigenvalue weighted by Crippen LogP contribution is 2.22. The maximum atomic E-state index is 12.7. The number of carbonyl (C=O) groups is 5. The number of alkyl halides is 3. The van der Waals surface area contributed by atoms with Crippen LogP contribution in [0.4, 0.5) is 18.9 Å². The molecule has 11 nitrogen and oxygen atoms in total. The first kappa shape index (κ1) is 34.0. The van der Waals surface area contributed by atoms with Gasteiger partial charge < -0.3 is 26.8 Å². The molecule has 0 saturated heterocycles. The van der Waals surface area contributed by atoms with Crippen LogP contribution in [-0.4, -0.2) is 57.8 Å². The molecule has 14 heteroatoms. The van der Waals surface area contributed by atoms with Gasteiger partial charge in [0.05, 0.1) is 5.56 Å². The van der Waals surface area contributed by atoms with Gasteiger partial charge >= 0.3 is 24.1 Å². The summed E-state index contributed by atoms with van der Waals surface area (Å²) < 4.78 is 31.7. The molecule has 3 aromatic carbocycles. The Morgan fingerprint density at radius 1 is 0.791 bits per heavy atom. The molecule has 0 unspecified atom stereocenters. The number of fused-ring (bicyclic) bond motifs is 1. The molecule has 43 heavy (non-hydrogen) atoms. The summed E-state index contributed by atoms with van der Waals surface area (Å²) in [6, 6.07) is 17.8. The van der Waals surface area contributed by atoms with Crippen LogP contribution in [0.15, 0.2) is 66.7 Å². The lowest BCUT2D eigenvalue weighted by Gasteiger charge is -2.21. The maximum Gasteiger partial charge on any atom is 0.490 e. The summed E-state index contributed by atoms with van der Waals surface area (Å²) in [5.74, 6) is -5.87. The summed E-state index contributed by atoms with van der Waals surface area (Å²) in [6.45, 7) is -0.286. The zero-order chi connectivity index (χ0) is 32.3. The molecule has 0 atom stereocenters. The predicted molar refractivity (Wildman–Crippen MR) is 148 cm³/mol. The van der Waals surface area contributed by atoms with Gasteiger partial charge in [-0.05, 0) is 84.5 Å². The normalized spacial score (nSPS) is 11.5. The van der Waals surface area contributed by atoms with Gasteiger partial charge in [0.15, 0.2) is 0 Å². The van der Waals surface area contributed by atoms with Gasteiger partial charge in [-0.1, -0.05) is 18.2 Å². The molecule has 0 saturated carbocycles. The molecule has 0 heterocycles. The van der Waals surface area contributed by atoms with E-state index in [1.54, 1.807) is 24.3 Å². The van der Waals surface area contributed by atoms with Crippen LogP contribution < -0.4 is 16.4 Å². The number of carboxylic acid groups (broad SMARTS) is 3. The zero-order valence-corrected chi connectivity index (χ0v) is 22.5. The van der Waals surface area contributed by atoms with E-state index in [9.17, 15) is 32.3 Å². The quantitative estimate of drug-likeness (QED) is 0.268. The van der Waals surface area contributed by atoms with Gasteiger partial charge in [-0.3, -0.25) is 19.3 Å². The largest absolute Gasteiger partial charge is 0.490 e. The Kier molecular flexibility index (Phi) is 11.9. The number of anilines is 1. The van der Waals surface area contributed by atoms with E-state index < -0.39 is 36.5 Å². The average Bonchev–Trinajstić information content (AvgIpc) is 3.44. The molecular formula is C29H28F3N3O8. The third-order valence-corrected chi connectivity index (χ3v) is 6.00. The number of halogens is 3. The van der Waals surface area contributed by atoms with Gasteiger partial charge in [-0.2, -0.15) is 13.2 Å². The number of benzene rings is 3. The molecule has 228 valence electrons. The summed E-state index contributed by atoms with van der Waals surface area (Å²) in [5, 5.41) is 25.1. The fourth-order valence-corrected chi connectivity index (χ4v) is 3.91. The number of hydrogen-bond donors (Lipinski definition) is 5. The Morgan fingerprint density at radius 2 is 1.37 bits per heavy atom. The van der Waals surface area contributed by atoms with Gasteiger partial charge in [0.25, 0.3) is 5.91 Å². The van der Waals surface area contributed by atoms with Crippen molar-refractivity contribution < 1.29 is 52.5 Å². The van der Waals surface area contributed by atoms with Gasteiger partial charge in [0.1, 0.15) is 6.54 Å². The smallest absolute Gasteiger partial charge is 0.480 e. The number of aryl methyl sites for hydroxylation is 2.